The lowest BCUT2D eigenvalue weighted by molar-refractivity contribution is 0.794. The van der Waals surface area contributed by atoms with Gasteiger partial charge in [0.1, 0.15) is 0 Å². The maximum Gasteiger partial charge on any atom is 0.0725 e. The number of para-hydroxylation sites is 3. The SMILES string of the molecule is c1ccc(-n2c3ccccc3c3c(-c4ccc(N(c5ccc(-c6cccc7c6-c6ccccc6C76c7ccccc7-c7ccccc76)cc5)c5ccc6c(c5)c5ccccc5n6-c5ccc6c7ccccc7c7ccccc7c6c5)cc4)cccc32)cc1. The van der Waals surface area contributed by atoms with Gasteiger partial charge in [0.05, 0.1) is 27.5 Å². The van der Waals surface area contributed by atoms with Crippen molar-refractivity contribution in [2.75, 3.05) is 4.90 Å². The fourth-order valence-corrected chi connectivity index (χ4v) is 15.9. The first kappa shape index (κ1) is 48.8. The fraction of sp³-hybridized carbons (Fsp3) is 0.0118. The molecule has 2 aliphatic carbocycles. The summed E-state index contributed by atoms with van der Waals surface area (Å²) in [5.41, 5.74) is 25.2. The number of nitrogens with zero attached hydrogens (tertiary/aromatic N) is 3. The minimum atomic E-state index is -0.415. The van der Waals surface area contributed by atoms with Crippen molar-refractivity contribution >= 4 is 93.0 Å². The highest BCUT2D eigenvalue weighted by Crippen LogP contribution is 2.64. The lowest BCUT2D eigenvalue weighted by atomic mass is 9.70. The summed E-state index contributed by atoms with van der Waals surface area (Å²) in [5.74, 6) is 0. The molecule has 19 rings (SSSR count). The van der Waals surface area contributed by atoms with Crippen LogP contribution in [0.3, 0.4) is 0 Å². The number of hydrogen-bond donors (Lipinski definition) is 0. The molecule has 17 aromatic rings. The first-order valence-electron chi connectivity index (χ1n) is 30.6. The van der Waals surface area contributed by atoms with Gasteiger partial charge in [-0.15, -0.1) is 0 Å². The maximum atomic E-state index is 2.46. The summed E-state index contributed by atoms with van der Waals surface area (Å²) >= 11 is 0. The molecule has 1 spiro atoms. The molecule has 15 aromatic carbocycles. The molecule has 0 radical (unpaired) electrons. The van der Waals surface area contributed by atoms with Gasteiger partial charge < -0.3 is 14.0 Å². The van der Waals surface area contributed by atoms with Gasteiger partial charge in [-0.3, -0.25) is 0 Å². The van der Waals surface area contributed by atoms with E-state index >= 15 is 0 Å². The Hall–Kier alpha value is -11.5. The number of anilines is 3. The minimum Gasteiger partial charge on any atom is -0.310 e. The van der Waals surface area contributed by atoms with Crippen molar-refractivity contribution in [1.82, 2.24) is 9.13 Å². The van der Waals surface area contributed by atoms with Crippen LogP contribution in [0.5, 0.6) is 0 Å². The Morgan fingerprint density at radius 2 is 0.659 bits per heavy atom. The summed E-state index contributed by atoms with van der Waals surface area (Å²) in [6.45, 7) is 0. The predicted octanol–water partition coefficient (Wildman–Crippen LogP) is 22.5. The highest BCUT2D eigenvalue weighted by Gasteiger charge is 2.52. The Bertz CT molecular complexity index is 5670. The molecule has 0 saturated carbocycles. The lowest BCUT2D eigenvalue weighted by Gasteiger charge is -2.30. The van der Waals surface area contributed by atoms with Crippen LogP contribution in [-0.2, 0) is 5.41 Å². The van der Waals surface area contributed by atoms with Crippen molar-refractivity contribution in [3.63, 3.8) is 0 Å². The molecule has 3 nitrogen and oxygen atoms in total. The van der Waals surface area contributed by atoms with Crippen LogP contribution in [0.2, 0.25) is 0 Å². The van der Waals surface area contributed by atoms with Gasteiger partial charge in [0.2, 0.25) is 0 Å². The third kappa shape index (κ3) is 6.78. The Labute approximate surface area is 509 Å². The quantitative estimate of drug-likeness (QED) is 0.145. The lowest BCUT2D eigenvalue weighted by Crippen LogP contribution is -2.25. The van der Waals surface area contributed by atoms with Crippen LogP contribution in [0.1, 0.15) is 22.3 Å². The third-order valence-electron chi connectivity index (χ3n) is 19.5. The summed E-state index contributed by atoms with van der Waals surface area (Å²) in [6.07, 6.45) is 0. The number of rotatable bonds is 7. The minimum absolute atomic E-state index is 0.415. The molecule has 0 amide bonds. The average molecular weight is 1120 g/mol. The van der Waals surface area contributed by atoms with Gasteiger partial charge in [-0.05, 0) is 184 Å². The van der Waals surface area contributed by atoms with Crippen molar-refractivity contribution < 1.29 is 0 Å². The van der Waals surface area contributed by atoms with E-state index < -0.39 is 5.41 Å². The van der Waals surface area contributed by atoms with E-state index in [9.17, 15) is 0 Å². The van der Waals surface area contributed by atoms with Gasteiger partial charge in [0.25, 0.3) is 0 Å². The van der Waals surface area contributed by atoms with Gasteiger partial charge in [-0.2, -0.15) is 0 Å². The molecular weight excluding hydrogens is 1060 g/mol. The van der Waals surface area contributed by atoms with Crippen LogP contribution >= 0.6 is 0 Å². The molecule has 88 heavy (non-hydrogen) atoms. The van der Waals surface area contributed by atoms with Crippen molar-refractivity contribution in [2.45, 2.75) is 5.41 Å². The molecular formula is C85H53N3. The van der Waals surface area contributed by atoms with Gasteiger partial charge >= 0.3 is 0 Å². The number of aromatic nitrogens is 2. The molecule has 0 bridgehead atoms. The monoisotopic (exact) mass is 1120 g/mol. The van der Waals surface area contributed by atoms with Crippen molar-refractivity contribution in [1.29, 1.82) is 0 Å². The summed E-state index contributed by atoms with van der Waals surface area (Å²) < 4.78 is 4.86. The molecule has 2 aromatic heterocycles. The van der Waals surface area contributed by atoms with Gasteiger partial charge in [-0.25, -0.2) is 0 Å². The van der Waals surface area contributed by atoms with Crippen molar-refractivity contribution in [3.8, 4) is 55.9 Å². The molecule has 2 heterocycles. The normalized spacial score (nSPS) is 12.9. The van der Waals surface area contributed by atoms with Gasteiger partial charge in [-0.1, -0.05) is 237 Å². The Morgan fingerprint density at radius 3 is 1.32 bits per heavy atom. The van der Waals surface area contributed by atoms with Crippen LogP contribution in [0.4, 0.5) is 17.1 Å². The second kappa shape index (κ2) is 18.7. The first-order chi connectivity index (χ1) is 43.7. The summed E-state index contributed by atoms with van der Waals surface area (Å²) in [7, 11) is 0. The number of fused-ring (bicyclic) bond motifs is 22. The number of benzene rings is 15. The average Bonchev–Trinajstić information content (AvgIpc) is 1.56. The van der Waals surface area contributed by atoms with E-state index in [-0.39, 0.29) is 0 Å². The van der Waals surface area contributed by atoms with E-state index in [0.29, 0.717) is 0 Å². The standard InChI is InChI=1S/C85H53N3/c1-2-20-56(21-3-1)87-80-38-17-12-30-72(80)84-62(32-19-39-82(84)87)55-42-46-58(47-43-55)86(57-44-40-54(41-45-57)61-31-18-36-78-83(61)71-29-10-15-35-77(71)85(78)75-33-13-8-26-68(75)69-27-9-14-34-76(69)85)59-49-51-81-74(53-59)70-28-11-16-37-79(70)88(81)60-48-50-67-65-24-5-4-22-63(65)64-23-6-7-25-66(64)73(67)52-60/h1-53H. The molecule has 408 valence electrons. The second-order valence-corrected chi connectivity index (χ2v) is 23.8. The number of hydrogen-bond acceptors (Lipinski definition) is 1. The third-order valence-corrected chi connectivity index (χ3v) is 19.5. The van der Waals surface area contributed by atoms with Gasteiger partial charge in [0, 0.05) is 50.0 Å². The van der Waals surface area contributed by atoms with E-state index in [0.717, 1.165) is 34.0 Å². The zero-order chi connectivity index (χ0) is 57.6. The Balaban J connectivity index is 0.781. The zero-order valence-corrected chi connectivity index (χ0v) is 47.9. The summed E-state index contributed by atoms with van der Waals surface area (Å²) in [4.78, 5) is 2.44. The van der Waals surface area contributed by atoms with Gasteiger partial charge in [0.15, 0.2) is 0 Å². The first-order valence-corrected chi connectivity index (χ1v) is 30.6. The van der Waals surface area contributed by atoms with Crippen LogP contribution < -0.4 is 4.90 Å². The van der Waals surface area contributed by atoms with Crippen LogP contribution in [0, 0.1) is 0 Å². The Morgan fingerprint density at radius 1 is 0.227 bits per heavy atom. The summed E-state index contributed by atoms with van der Waals surface area (Å²) in [6, 6.07) is 120. The molecule has 0 unspecified atom stereocenters. The largest absolute Gasteiger partial charge is 0.310 e. The fourth-order valence-electron chi connectivity index (χ4n) is 15.9. The maximum absolute atomic E-state index is 2.46. The van der Waals surface area contributed by atoms with E-state index in [4.69, 9.17) is 0 Å². The van der Waals surface area contributed by atoms with Crippen LogP contribution in [0.15, 0.2) is 322 Å². The van der Waals surface area contributed by atoms with Crippen molar-refractivity contribution in [2.24, 2.45) is 0 Å². The summed E-state index contributed by atoms with van der Waals surface area (Å²) in [5, 5.41) is 12.5. The molecule has 0 N–H and O–H groups in total. The van der Waals surface area contributed by atoms with E-state index in [2.05, 4.69) is 336 Å². The van der Waals surface area contributed by atoms with Crippen LogP contribution in [0.25, 0.3) is 132 Å². The topological polar surface area (TPSA) is 13.1 Å². The van der Waals surface area contributed by atoms with E-state index in [1.807, 2.05) is 0 Å². The van der Waals surface area contributed by atoms with Crippen molar-refractivity contribution in [3.05, 3.63) is 344 Å². The molecule has 3 heteroatoms. The van der Waals surface area contributed by atoms with Crippen LogP contribution in [-0.4, -0.2) is 9.13 Å². The van der Waals surface area contributed by atoms with E-state index in [1.165, 1.54) is 137 Å². The molecule has 2 aliphatic rings. The smallest absolute Gasteiger partial charge is 0.0725 e. The molecule has 0 aliphatic heterocycles. The highest BCUT2D eigenvalue weighted by molar-refractivity contribution is 6.26. The molecule has 0 atom stereocenters. The zero-order valence-electron chi connectivity index (χ0n) is 47.9. The predicted molar refractivity (Wildman–Crippen MR) is 369 cm³/mol. The molecule has 0 saturated heterocycles. The second-order valence-electron chi connectivity index (χ2n) is 23.8. The van der Waals surface area contributed by atoms with E-state index in [1.54, 1.807) is 0 Å². The highest BCUT2D eigenvalue weighted by atomic mass is 15.1. The molecule has 0 fully saturated rings. The Kier molecular flexibility index (Phi) is 10.4.